The Hall–Kier alpha value is -1.66. The third-order valence-corrected chi connectivity index (χ3v) is 3.77. The second-order valence-corrected chi connectivity index (χ2v) is 5.47. The van der Waals surface area contributed by atoms with E-state index in [0.717, 1.165) is 27.0 Å². The molecule has 0 radical (unpaired) electrons. The molecule has 1 amide bonds. The molecule has 0 aliphatic carbocycles. The summed E-state index contributed by atoms with van der Waals surface area (Å²) in [6, 6.07) is 5.47. The van der Waals surface area contributed by atoms with E-state index in [1.165, 1.54) is 0 Å². The van der Waals surface area contributed by atoms with Crippen LogP contribution in [-0.4, -0.2) is 16.1 Å². The highest BCUT2D eigenvalue weighted by atomic mass is 79.9. The van der Waals surface area contributed by atoms with Crippen LogP contribution in [0.25, 0.3) is 0 Å². The molecule has 5 nitrogen and oxygen atoms in total. The van der Waals surface area contributed by atoms with Crippen LogP contribution in [0.3, 0.4) is 0 Å². The van der Waals surface area contributed by atoms with E-state index in [1.807, 2.05) is 25.1 Å². The van der Waals surface area contributed by atoms with Crippen LogP contribution < -0.4 is 10.6 Å². The van der Waals surface area contributed by atoms with E-state index in [2.05, 4.69) is 36.8 Å². The van der Waals surface area contributed by atoms with Gasteiger partial charge in [-0.1, -0.05) is 15.9 Å². The molecule has 0 fully saturated rings. The second-order valence-electron chi connectivity index (χ2n) is 4.55. The molecule has 1 unspecified atom stereocenters. The van der Waals surface area contributed by atoms with Crippen LogP contribution >= 0.6 is 15.9 Å². The molecule has 1 aromatic heterocycles. The Kier molecular flexibility index (Phi) is 3.12. The van der Waals surface area contributed by atoms with Crippen molar-refractivity contribution in [1.82, 2.24) is 15.5 Å². The van der Waals surface area contributed by atoms with Gasteiger partial charge in [0.15, 0.2) is 0 Å². The van der Waals surface area contributed by atoms with Crippen molar-refractivity contribution in [2.24, 2.45) is 0 Å². The van der Waals surface area contributed by atoms with Gasteiger partial charge in [0.05, 0.1) is 6.20 Å². The summed E-state index contributed by atoms with van der Waals surface area (Å²) in [6.45, 7) is 2.57. The largest absolute Gasteiger partial charge is 0.324 e. The quantitative estimate of drug-likeness (QED) is 0.812. The maximum absolute atomic E-state index is 12.0. The first-order valence-electron chi connectivity index (χ1n) is 5.97. The fraction of sp³-hybridized carbons (Fsp3) is 0.231. The number of rotatable bonds is 3. The molecule has 2 heterocycles. The molecule has 1 atom stereocenters. The minimum atomic E-state index is -0.318. The zero-order valence-corrected chi connectivity index (χ0v) is 11.9. The topological polar surface area (TPSA) is 69.8 Å². The molecule has 98 valence electrons. The van der Waals surface area contributed by atoms with E-state index < -0.39 is 0 Å². The standard InChI is InChI=1S/C13H13BrN4O/c1-7-8(6-16-18-7)5-15-12-10-4-9(14)2-3-11(10)17-13(12)19/h2-4,6,12,15H,5H2,1H3,(H,16,18)(H,17,19). The average Bonchev–Trinajstić information content (AvgIpc) is 2.90. The van der Waals surface area contributed by atoms with E-state index in [1.54, 1.807) is 6.20 Å². The fourth-order valence-corrected chi connectivity index (χ4v) is 2.58. The van der Waals surface area contributed by atoms with Crippen molar-refractivity contribution in [2.75, 3.05) is 5.32 Å². The van der Waals surface area contributed by atoms with Crippen LogP contribution in [0.4, 0.5) is 5.69 Å². The van der Waals surface area contributed by atoms with Gasteiger partial charge in [-0.05, 0) is 25.1 Å². The van der Waals surface area contributed by atoms with Gasteiger partial charge in [-0.2, -0.15) is 5.10 Å². The van der Waals surface area contributed by atoms with Gasteiger partial charge in [0, 0.05) is 33.5 Å². The molecular formula is C13H13BrN4O. The molecule has 0 saturated carbocycles. The summed E-state index contributed by atoms with van der Waals surface area (Å²) in [4.78, 5) is 12.0. The average molecular weight is 321 g/mol. The highest BCUT2D eigenvalue weighted by Gasteiger charge is 2.30. The summed E-state index contributed by atoms with van der Waals surface area (Å²) >= 11 is 3.43. The third-order valence-electron chi connectivity index (χ3n) is 3.28. The molecule has 3 rings (SSSR count). The molecule has 1 aliphatic rings. The van der Waals surface area contributed by atoms with Crippen LogP contribution in [0, 0.1) is 6.92 Å². The number of benzene rings is 1. The Balaban J connectivity index is 1.81. The van der Waals surface area contributed by atoms with Crippen molar-refractivity contribution in [3.63, 3.8) is 0 Å². The SMILES string of the molecule is Cc1[nH]ncc1CNC1C(=O)Nc2ccc(Br)cc21. The van der Waals surface area contributed by atoms with E-state index in [0.29, 0.717) is 6.54 Å². The number of hydrogen-bond donors (Lipinski definition) is 3. The van der Waals surface area contributed by atoms with Crippen LogP contribution in [0.1, 0.15) is 22.9 Å². The first-order valence-corrected chi connectivity index (χ1v) is 6.77. The minimum Gasteiger partial charge on any atom is -0.324 e. The Bertz CT molecular complexity index is 637. The van der Waals surface area contributed by atoms with Gasteiger partial charge in [-0.25, -0.2) is 0 Å². The predicted octanol–water partition coefficient (Wildman–Crippen LogP) is 2.26. The molecule has 1 aliphatic heterocycles. The maximum atomic E-state index is 12.0. The second kappa shape index (κ2) is 4.79. The van der Waals surface area contributed by atoms with Crippen LogP contribution in [0.5, 0.6) is 0 Å². The summed E-state index contributed by atoms with van der Waals surface area (Å²) in [6.07, 6.45) is 1.77. The number of hydrogen-bond acceptors (Lipinski definition) is 3. The molecule has 0 spiro atoms. The normalized spacial score (nSPS) is 17.4. The zero-order valence-electron chi connectivity index (χ0n) is 10.3. The number of H-pyrrole nitrogens is 1. The smallest absolute Gasteiger partial charge is 0.246 e. The van der Waals surface area contributed by atoms with Gasteiger partial charge in [0.25, 0.3) is 0 Å². The zero-order chi connectivity index (χ0) is 13.4. The minimum absolute atomic E-state index is 0.0192. The summed E-state index contributed by atoms with van der Waals surface area (Å²) in [7, 11) is 0. The summed E-state index contributed by atoms with van der Waals surface area (Å²) in [5, 5.41) is 13.0. The monoisotopic (exact) mass is 320 g/mol. The number of halogens is 1. The van der Waals surface area contributed by atoms with Gasteiger partial charge < -0.3 is 5.32 Å². The van der Waals surface area contributed by atoms with Crippen molar-refractivity contribution in [1.29, 1.82) is 0 Å². The summed E-state index contributed by atoms with van der Waals surface area (Å²) in [5.74, 6) is -0.0192. The number of anilines is 1. The lowest BCUT2D eigenvalue weighted by atomic mass is 10.1. The Morgan fingerprint density at radius 2 is 2.32 bits per heavy atom. The van der Waals surface area contributed by atoms with E-state index in [4.69, 9.17) is 0 Å². The van der Waals surface area contributed by atoms with E-state index in [-0.39, 0.29) is 11.9 Å². The maximum Gasteiger partial charge on any atom is 0.246 e. The number of carbonyl (C=O) groups is 1. The first-order chi connectivity index (χ1) is 9.15. The van der Waals surface area contributed by atoms with E-state index >= 15 is 0 Å². The van der Waals surface area contributed by atoms with Crippen LogP contribution in [-0.2, 0) is 11.3 Å². The van der Waals surface area contributed by atoms with Gasteiger partial charge in [0.2, 0.25) is 5.91 Å². The van der Waals surface area contributed by atoms with Crippen molar-refractivity contribution in [2.45, 2.75) is 19.5 Å². The number of fused-ring (bicyclic) bond motifs is 1. The van der Waals surface area contributed by atoms with Gasteiger partial charge in [-0.3, -0.25) is 15.2 Å². The number of aromatic nitrogens is 2. The van der Waals surface area contributed by atoms with Crippen LogP contribution in [0.15, 0.2) is 28.9 Å². The molecule has 19 heavy (non-hydrogen) atoms. The van der Waals surface area contributed by atoms with Crippen molar-refractivity contribution >= 4 is 27.5 Å². The number of amides is 1. The van der Waals surface area contributed by atoms with Gasteiger partial charge >= 0.3 is 0 Å². The number of carbonyl (C=O) groups excluding carboxylic acids is 1. The van der Waals surface area contributed by atoms with Gasteiger partial charge in [-0.15, -0.1) is 0 Å². The Labute approximate surface area is 118 Å². The molecule has 1 aromatic carbocycles. The highest BCUT2D eigenvalue weighted by molar-refractivity contribution is 9.10. The molecule has 6 heteroatoms. The Morgan fingerprint density at radius 1 is 1.47 bits per heavy atom. The molecule has 3 N–H and O–H groups in total. The molecule has 0 bridgehead atoms. The number of aromatic amines is 1. The summed E-state index contributed by atoms with van der Waals surface area (Å²) < 4.78 is 0.967. The number of nitrogens with one attached hydrogen (secondary N) is 3. The van der Waals surface area contributed by atoms with Crippen LogP contribution in [0.2, 0.25) is 0 Å². The predicted molar refractivity (Wildman–Crippen MR) is 75.7 cm³/mol. The Morgan fingerprint density at radius 3 is 3.05 bits per heavy atom. The van der Waals surface area contributed by atoms with Crippen molar-refractivity contribution in [3.05, 3.63) is 45.7 Å². The molecule has 0 saturated heterocycles. The fourth-order valence-electron chi connectivity index (χ4n) is 2.20. The van der Waals surface area contributed by atoms with E-state index in [9.17, 15) is 4.79 Å². The highest BCUT2D eigenvalue weighted by Crippen LogP contribution is 2.33. The third kappa shape index (κ3) is 2.29. The van der Waals surface area contributed by atoms with Gasteiger partial charge in [0.1, 0.15) is 6.04 Å². The molecule has 2 aromatic rings. The summed E-state index contributed by atoms with van der Waals surface area (Å²) in [5.41, 5.74) is 3.92. The lowest BCUT2D eigenvalue weighted by molar-refractivity contribution is -0.117. The number of aryl methyl sites for hydroxylation is 1. The van der Waals surface area contributed by atoms with Crippen molar-refractivity contribution in [3.8, 4) is 0 Å². The first kappa shape index (κ1) is 12.4. The lowest BCUT2D eigenvalue weighted by Crippen LogP contribution is -2.27. The molecular weight excluding hydrogens is 308 g/mol. The number of nitrogens with zero attached hydrogens (tertiary/aromatic N) is 1. The lowest BCUT2D eigenvalue weighted by Gasteiger charge is -2.11. The van der Waals surface area contributed by atoms with Crippen molar-refractivity contribution < 1.29 is 4.79 Å².